The van der Waals surface area contributed by atoms with E-state index in [9.17, 15) is 20.1 Å². The van der Waals surface area contributed by atoms with E-state index in [-0.39, 0.29) is 11.6 Å². The van der Waals surface area contributed by atoms with Gasteiger partial charge in [-0.25, -0.2) is 0 Å². The lowest BCUT2D eigenvalue weighted by atomic mass is 9.49. The zero-order chi connectivity index (χ0) is 20.6. The van der Waals surface area contributed by atoms with E-state index in [1.54, 1.807) is 13.2 Å². The van der Waals surface area contributed by atoms with Crippen LogP contribution in [0.15, 0.2) is 29.1 Å². The van der Waals surface area contributed by atoms with E-state index in [2.05, 4.69) is 16.0 Å². The van der Waals surface area contributed by atoms with Crippen molar-refractivity contribution in [1.29, 1.82) is 0 Å². The molecule has 1 aliphatic heterocycles. The van der Waals surface area contributed by atoms with E-state index in [4.69, 9.17) is 4.74 Å². The number of H-pyrrole nitrogens is 1. The number of fused-ring (bicyclic) bond motifs is 2. The third-order valence-electron chi connectivity index (χ3n) is 7.51. The molecule has 29 heavy (non-hydrogen) atoms. The minimum absolute atomic E-state index is 0.0558. The summed E-state index contributed by atoms with van der Waals surface area (Å²) in [6, 6.07) is 7.57. The van der Waals surface area contributed by atoms with Crippen molar-refractivity contribution in [3.63, 3.8) is 0 Å². The standard InChI is InChI=1S/C22H26N2O5/c1-24-6-5-21-11-17-13(7-15(20(26)27)19(25)23-17)10-22(21,28)18(24)8-12-3-4-14(29-2)9-16(12)21/h3-4,7,9,18,20,26-28H,5-6,8,10-11H2,1-2H3,(H,23,25)/t18-,21-,22-/m1/s1. The highest BCUT2D eigenvalue weighted by atomic mass is 16.5. The van der Waals surface area contributed by atoms with E-state index in [0.717, 1.165) is 42.0 Å². The maximum Gasteiger partial charge on any atom is 0.256 e. The second kappa shape index (κ2) is 6.15. The molecule has 2 heterocycles. The highest BCUT2D eigenvalue weighted by Gasteiger charge is 2.64. The molecule has 1 saturated heterocycles. The molecule has 4 N–H and O–H groups in total. The number of pyridine rings is 1. The topological polar surface area (TPSA) is 106 Å². The number of hydrogen-bond donors (Lipinski definition) is 4. The molecule has 0 radical (unpaired) electrons. The summed E-state index contributed by atoms with van der Waals surface area (Å²) >= 11 is 0. The van der Waals surface area contributed by atoms with Crippen molar-refractivity contribution in [2.24, 2.45) is 0 Å². The SMILES string of the molecule is COc1ccc2c(c1)[C@]13CCN(C)[C@H](C2)[C@]1(O)Cc1cc(C(O)O)c(=O)[nH]c1C3. The van der Waals surface area contributed by atoms with Crippen LogP contribution < -0.4 is 10.3 Å². The van der Waals surface area contributed by atoms with Crippen molar-refractivity contribution in [3.8, 4) is 5.75 Å². The maximum atomic E-state index is 12.4. The molecule has 154 valence electrons. The third-order valence-corrected chi connectivity index (χ3v) is 7.51. The van der Waals surface area contributed by atoms with Gasteiger partial charge in [-0.2, -0.15) is 0 Å². The number of hydrogen-bond acceptors (Lipinski definition) is 6. The Morgan fingerprint density at radius 1 is 1.24 bits per heavy atom. The molecule has 3 atom stereocenters. The van der Waals surface area contributed by atoms with Gasteiger partial charge < -0.3 is 29.9 Å². The van der Waals surface area contributed by atoms with Crippen molar-refractivity contribution in [2.75, 3.05) is 20.7 Å². The van der Waals surface area contributed by atoms with E-state index < -0.39 is 22.9 Å². The molecule has 0 spiro atoms. The van der Waals surface area contributed by atoms with Gasteiger partial charge in [0.05, 0.1) is 18.3 Å². The van der Waals surface area contributed by atoms with Crippen molar-refractivity contribution in [2.45, 2.75) is 49.0 Å². The fourth-order valence-electron chi connectivity index (χ4n) is 5.98. The van der Waals surface area contributed by atoms with Crippen LogP contribution in [0.3, 0.4) is 0 Å². The van der Waals surface area contributed by atoms with Crippen molar-refractivity contribution >= 4 is 0 Å². The van der Waals surface area contributed by atoms with Gasteiger partial charge in [-0.3, -0.25) is 4.79 Å². The number of aliphatic hydroxyl groups is 3. The lowest BCUT2D eigenvalue weighted by molar-refractivity contribution is -0.145. The highest BCUT2D eigenvalue weighted by Crippen LogP contribution is 2.56. The summed E-state index contributed by atoms with van der Waals surface area (Å²) in [6.07, 6.45) is 0.517. The summed E-state index contributed by atoms with van der Waals surface area (Å²) in [5.74, 6) is 0.760. The zero-order valence-electron chi connectivity index (χ0n) is 16.6. The zero-order valence-corrected chi connectivity index (χ0v) is 16.6. The molecule has 1 fully saturated rings. The monoisotopic (exact) mass is 398 g/mol. The van der Waals surface area contributed by atoms with Crippen molar-refractivity contribution in [1.82, 2.24) is 9.88 Å². The maximum absolute atomic E-state index is 12.4. The molecule has 7 heteroatoms. The number of aromatic nitrogens is 1. The van der Waals surface area contributed by atoms with E-state index in [1.807, 2.05) is 19.2 Å². The van der Waals surface area contributed by atoms with Crippen LogP contribution in [-0.2, 0) is 24.7 Å². The average molecular weight is 398 g/mol. The fourth-order valence-corrected chi connectivity index (χ4v) is 5.98. The number of nitrogens with one attached hydrogen (secondary N) is 1. The molecule has 2 aliphatic carbocycles. The molecule has 0 saturated carbocycles. The van der Waals surface area contributed by atoms with Crippen LogP contribution in [0.2, 0.25) is 0 Å². The van der Waals surface area contributed by atoms with Gasteiger partial charge in [0.25, 0.3) is 5.56 Å². The lowest BCUT2D eigenvalue weighted by Crippen LogP contribution is -2.73. The van der Waals surface area contributed by atoms with Gasteiger partial charge >= 0.3 is 0 Å². The number of likely N-dealkylation sites (tertiary alicyclic amines) is 1. The Morgan fingerprint density at radius 3 is 2.76 bits per heavy atom. The van der Waals surface area contributed by atoms with E-state index in [1.165, 1.54) is 5.56 Å². The molecule has 2 aromatic rings. The molecule has 5 rings (SSSR count). The smallest absolute Gasteiger partial charge is 0.256 e. The van der Waals surface area contributed by atoms with Gasteiger partial charge in [0.2, 0.25) is 0 Å². The number of rotatable bonds is 2. The number of aliphatic hydroxyl groups excluding tert-OH is 1. The quantitative estimate of drug-likeness (QED) is 0.546. The summed E-state index contributed by atoms with van der Waals surface area (Å²) in [5, 5.41) is 31.3. The summed E-state index contributed by atoms with van der Waals surface area (Å²) in [5.41, 5.74) is 1.72. The third kappa shape index (κ3) is 2.42. The Morgan fingerprint density at radius 2 is 2.03 bits per heavy atom. The van der Waals surface area contributed by atoms with Crippen LogP contribution in [0.5, 0.6) is 5.75 Å². The van der Waals surface area contributed by atoms with Gasteiger partial charge in [-0.05, 0) is 61.3 Å². The Kier molecular flexibility index (Phi) is 3.99. The average Bonchev–Trinajstić information content (AvgIpc) is 2.68. The summed E-state index contributed by atoms with van der Waals surface area (Å²) in [6.45, 7) is 0.858. The molecule has 0 unspecified atom stereocenters. The number of ether oxygens (including phenoxy) is 1. The Bertz CT molecular complexity index is 1050. The van der Waals surface area contributed by atoms with Crippen LogP contribution in [0.25, 0.3) is 0 Å². The van der Waals surface area contributed by atoms with Crippen LogP contribution >= 0.6 is 0 Å². The summed E-state index contributed by atoms with van der Waals surface area (Å²) in [4.78, 5) is 17.5. The molecular weight excluding hydrogens is 372 g/mol. The number of nitrogens with zero attached hydrogens (tertiary/aromatic N) is 1. The summed E-state index contributed by atoms with van der Waals surface area (Å²) < 4.78 is 5.47. The minimum atomic E-state index is -1.84. The van der Waals surface area contributed by atoms with Crippen LogP contribution in [0.1, 0.15) is 40.7 Å². The second-order valence-corrected chi connectivity index (χ2v) is 8.76. The van der Waals surface area contributed by atoms with Crippen LogP contribution in [-0.4, -0.2) is 57.5 Å². The number of piperidine rings is 1. The number of methoxy groups -OCH3 is 1. The molecular formula is C22H26N2O5. The number of benzene rings is 1. The summed E-state index contributed by atoms with van der Waals surface area (Å²) in [7, 11) is 3.69. The molecule has 1 aromatic heterocycles. The fraction of sp³-hybridized carbons (Fsp3) is 0.500. The first-order chi connectivity index (χ1) is 13.8. The van der Waals surface area contributed by atoms with Gasteiger partial charge in [0.1, 0.15) is 5.75 Å². The van der Waals surface area contributed by atoms with Gasteiger partial charge in [0, 0.05) is 30.0 Å². The molecule has 7 nitrogen and oxygen atoms in total. The normalized spacial score (nSPS) is 30.5. The van der Waals surface area contributed by atoms with Crippen molar-refractivity contribution in [3.05, 3.63) is 62.6 Å². The van der Waals surface area contributed by atoms with E-state index >= 15 is 0 Å². The van der Waals surface area contributed by atoms with Crippen LogP contribution in [0.4, 0.5) is 0 Å². The molecule has 0 amide bonds. The predicted molar refractivity (Wildman–Crippen MR) is 106 cm³/mol. The minimum Gasteiger partial charge on any atom is -0.497 e. The number of aromatic amines is 1. The Hall–Kier alpha value is -2.19. The predicted octanol–water partition coefficient (Wildman–Crippen LogP) is 0.395. The first-order valence-electron chi connectivity index (χ1n) is 10.0. The number of likely N-dealkylation sites (N-methyl/N-ethyl adjacent to an activating group) is 1. The largest absolute Gasteiger partial charge is 0.497 e. The first-order valence-corrected chi connectivity index (χ1v) is 10.0. The first kappa shape index (κ1) is 18.8. The second-order valence-electron chi connectivity index (χ2n) is 8.76. The molecule has 3 aliphatic rings. The Balaban J connectivity index is 1.75. The Labute approximate surface area is 168 Å². The highest BCUT2D eigenvalue weighted by molar-refractivity contribution is 5.52. The van der Waals surface area contributed by atoms with Crippen LogP contribution in [0, 0.1) is 0 Å². The van der Waals surface area contributed by atoms with Crippen molar-refractivity contribution < 1.29 is 20.1 Å². The van der Waals surface area contributed by atoms with Gasteiger partial charge in [-0.1, -0.05) is 6.07 Å². The van der Waals surface area contributed by atoms with Gasteiger partial charge in [-0.15, -0.1) is 0 Å². The van der Waals surface area contributed by atoms with E-state index in [0.29, 0.717) is 12.8 Å². The molecule has 1 aromatic carbocycles. The van der Waals surface area contributed by atoms with Gasteiger partial charge in [0.15, 0.2) is 6.29 Å². The molecule has 2 bridgehead atoms. The lowest BCUT2D eigenvalue weighted by Gasteiger charge is -2.63.